The van der Waals surface area contributed by atoms with E-state index in [1.807, 2.05) is 0 Å². The maximum absolute atomic E-state index is 11.8. The Kier molecular flexibility index (Phi) is 6.27. The maximum Gasteiger partial charge on any atom is 0.538 e. The molecule has 0 aromatic carbocycles. The van der Waals surface area contributed by atoms with E-state index in [2.05, 4.69) is 13.6 Å². The van der Waals surface area contributed by atoms with Crippen LogP contribution in [0.5, 0.6) is 0 Å². The van der Waals surface area contributed by atoms with E-state index < -0.39 is 44.6 Å². The van der Waals surface area contributed by atoms with Gasteiger partial charge in [0.05, 0.1) is 0 Å². The van der Waals surface area contributed by atoms with Crippen molar-refractivity contribution in [3.8, 4) is 0 Å². The third-order valence-corrected chi connectivity index (χ3v) is 1.90. The zero-order valence-electron chi connectivity index (χ0n) is 8.26. The van der Waals surface area contributed by atoms with Crippen molar-refractivity contribution in [3.05, 3.63) is 0 Å². The predicted octanol–water partition coefficient (Wildman–Crippen LogP) is -0.669. The first-order valence-corrected chi connectivity index (χ1v) is 4.80. The van der Waals surface area contributed by atoms with Crippen molar-refractivity contribution in [2.75, 3.05) is 0 Å². The molecule has 0 spiro atoms. The molecule has 0 bridgehead atoms. The van der Waals surface area contributed by atoms with E-state index in [4.69, 9.17) is 0 Å². The Hall–Kier alpha value is -2.36. The molecule has 0 aliphatic carbocycles. The van der Waals surface area contributed by atoms with Crippen molar-refractivity contribution in [3.63, 3.8) is 0 Å². The van der Waals surface area contributed by atoms with Gasteiger partial charge in [-0.1, -0.05) is 0 Å². The lowest BCUT2D eigenvalue weighted by molar-refractivity contribution is -0.160. The molecule has 0 heterocycles. The van der Waals surface area contributed by atoms with Gasteiger partial charge in [-0.15, -0.1) is 0 Å². The van der Waals surface area contributed by atoms with Crippen molar-refractivity contribution in [1.29, 1.82) is 0 Å². The van der Waals surface area contributed by atoms with E-state index >= 15 is 0 Å². The van der Waals surface area contributed by atoms with Crippen LogP contribution in [0.25, 0.3) is 0 Å². The van der Waals surface area contributed by atoms with Gasteiger partial charge in [-0.2, -0.15) is 13.2 Å². The predicted molar refractivity (Wildman–Crippen MR) is 43.5 cm³/mol. The molecule has 0 aliphatic heterocycles. The summed E-state index contributed by atoms with van der Waals surface area (Å²) in [6, 6.07) is -8.21. The standard InChI is InChI=1S/C6F3O9P/c7-1(10)4(13)16-19(17-5(14)2(8)11)18-6(15)3(9)12. The molecule has 0 rings (SSSR count). The molecule has 0 aromatic heterocycles. The summed E-state index contributed by atoms with van der Waals surface area (Å²) in [5.41, 5.74) is 0. The summed E-state index contributed by atoms with van der Waals surface area (Å²) in [5, 5.41) is 0. The molecule has 13 heteroatoms. The van der Waals surface area contributed by atoms with Crippen LogP contribution in [-0.2, 0) is 42.3 Å². The Morgan fingerprint density at radius 2 is 0.789 bits per heavy atom. The van der Waals surface area contributed by atoms with Crippen molar-refractivity contribution in [2.45, 2.75) is 0 Å². The number of hydrogen-bond donors (Lipinski definition) is 0. The van der Waals surface area contributed by atoms with Crippen LogP contribution in [0.3, 0.4) is 0 Å². The van der Waals surface area contributed by atoms with Crippen LogP contribution in [0.2, 0.25) is 0 Å². The highest BCUT2D eigenvalue weighted by Crippen LogP contribution is 2.40. The SMILES string of the molecule is O=C(F)C(=O)OP(OC(=O)C(=O)F)OC(=O)C(=O)F. The fraction of sp³-hybridized carbons (Fsp3) is 0. The third-order valence-electron chi connectivity index (χ3n) is 0.954. The van der Waals surface area contributed by atoms with E-state index in [0.29, 0.717) is 0 Å². The lowest BCUT2D eigenvalue weighted by atomic mass is 10.8. The van der Waals surface area contributed by atoms with Gasteiger partial charge < -0.3 is 13.6 Å². The summed E-state index contributed by atoms with van der Waals surface area (Å²) >= 11 is 0. The van der Waals surface area contributed by atoms with Gasteiger partial charge in [0.1, 0.15) is 0 Å². The molecule has 0 fully saturated rings. The number of carbonyl (C=O) groups excluding carboxylic acids is 6. The Morgan fingerprint density at radius 3 is 0.947 bits per heavy atom. The van der Waals surface area contributed by atoms with Crippen LogP contribution >= 0.6 is 8.60 Å². The quantitative estimate of drug-likeness (QED) is 0.356. The number of rotatable bonds is 6. The van der Waals surface area contributed by atoms with Gasteiger partial charge >= 0.3 is 44.6 Å². The van der Waals surface area contributed by atoms with Crippen LogP contribution in [0, 0.1) is 0 Å². The van der Waals surface area contributed by atoms with E-state index in [1.54, 1.807) is 0 Å². The second kappa shape index (κ2) is 7.16. The Balaban J connectivity index is 4.82. The Morgan fingerprint density at radius 1 is 0.579 bits per heavy atom. The minimum Gasteiger partial charge on any atom is -0.367 e. The molecular weight excluding hydrogens is 304 g/mol. The van der Waals surface area contributed by atoms with Crippen LogP contribution in [0.1, 0.15) is 0 Å². The summed E-state index contributed by atoms with van der Waals surface area (Å²) in [5.74, 6) is -7.07. The molecule has 0 saturated carbocycles. The van der Waals surface area contributed by atoms with Crippen molar-refractivity contribution in [2.24, 2.45) is 0 Å². The average molecular weight is 304 g/mol. The Labute approximate surface area is 101 Å². The van der Waals surface area contributed by atoms with E-state index in [0.717, 1.165) is 0 Å². The first kappa shape index (κ1) is 16.6. The highest BCUT2D eigenvalue weighted by atomic mass is 31.2. The molecule has 19 heavy (non-hydrogen) atoms. The first-order valence-electron chi connectivity index (χ1n) is 3.70. The largest absolute Gasteiger partial charge is 0.538 e. The molecule has 104 valence electrons. The summed E-state index contributed by atoms with van der Waals surface area (Å²) in [6.07, 6.45) is 0. The van der Waals surface area contributed by atoms with Crippen molar-refractivity contribution in [1.82, 2.24) is 0 Å². The second-order valence-corrected chi connectivity index (χ2v) is 3.18. The maximum atomic E-state index is 11.8. The van der Waals surface area contributed by atoms with Crippen LogP contribution < -0.4 is 0 Å². The number of carbonyl (C=O) groups is 6. The lowest BCUT2D eigenvalue weighted by Gasteiger charge is -2.10. The third kappa shape index (κ3) is 6.21. The van der Waals surface area contributed by atoms with Crippen LogP contribution in [0.4, 0.5) is 13.2 Å². The highest BCUT2D eigenvalue weighted by Gasteiger charge is 2.34. The van der Waals surface area contributed by atoms with Gasteiger partial charge in [-0.3, -0.25) is 0 Å². The smallest absolute Gasteiger partial charge is 0.367 e. The minimum absolute atomic E-state index is 2.36. The fourth-order valence-electron chi connectivity index (χ4n) is 0.367. The molecule has 0 radical (unpaired) electrons. The lowest BCUT2D eigenvalue weighted by Crippen LogP contribution is -2.19. The molecule has 0 amide bonds. The van der Waals surface area contributed by atoms with Crippen LogP contribution in [-0.4, -0.2) is 36.0 Å². The normalized spacial score (nSPS) is 9.47. The molecule has 9 nitrogen and oxygen atoms in total. The van der Waals surface area contributed by atoms with Gasteiger partial charge in [-0.05, 0) is 0 Å². The topological polar surface area (TPSA) is 130 Å². The molecule has 0 atom stereocenters. The van der Waals surface area contributed by atoms with E-state index in [9.17, 15) is 41.9 Å². The summed E-state index contributed by atoms with van der Waals surface area (Å²) < 4.78 is 45.9. The molecule has 0 aromatic rings. The first-order chi connectivity index (χ1) is 8.65. The summed E-state index contributed by atoms with van der Waals surface area (Å²) in [7, 11) is -3.71. The Bertz CT molecular complexity index is 394. The van der Waals surface area contributed by atoms with Crippen LogP contribution in [0.15, 0.2) is 0 Å². The monoisotopic (exact) mass is 304 g/mol. The molecule has 0 saturated heterocycles. The molecule has 0 N–H and O–H groups in total. The average Bonchev–Trinajstić information content (AvgIpc) is 2.27. The van der Waals surface area contributed by atoms with E-state index in [-0.39, 0.29) is 0 Å². The summed E-state index contributed by atoms with van der Waals surface area (Å²) in [6.45, 7) is 0. The van der Waals surface area contributed by atoms with Crippen molar-refractivity contribution >= 4 is 44.6 Å². The van der Waals surface area contributed by atoms with Crippen molar-refractivity contribution < 1.29 is 55.5 Å². The van der Waals surface area contributed by atoms with Gasteiger partial charge in [0.2, 0.25) is 0 Å². The second-order valence-electron chi connectivity index (χ2n) is 2.18. The zero-order valence-corrected chi connectivity index (χ0v) is 9.15. The molecule has 0 aliphatic rings. The van der Waals surface area contributed by atoms with Gasteiger partial charge in [0.25, 0.3) is 0 Å². The van der Waals surface area contributed by atoms with Gasteiger partial charge in [0.15, 0.2) is 0 Å². The van der Waals surface area contributed by atoms with Gasteiger partial charge in [0, 0.05) is 0 Å². The highest BCUT2D eigenvalue weighted by molar-refractivity contribution is 7.44. The number of halogens is 3. The van der Waals surface area contributed by atoms with Gasteiger partial charge in [-0.25, -0.2) is 28.8 Å². The molecular formula is C6F3O9P. The number of hydrogen-bond acceptors (Lipinski definition) is 9. The summed E-state index contributed by atoms with van der Waals surface area (Å²) in [4.78, 5) is 60.6. The fourth-order valence-corrected chi connectivity index (χ4v) is 1.10. The molecule has 0 unspecified atom stereocenters. The minimum atomic E-state index is -3.71. The zero-order chi connectivity index (χ0) is 15.2. The van der Waals surface area contributed by atoms with E-state index in [1.165, 1.54) is 0 Å².